The first-order valence-electron chi connectivity index (χ1n) is 10.0. The third-order valence-electron chi connectivity index (χ3n) is 5.19. The first-order chi connectivity index (χ1) is 13.6. The predicted molar refractivity (Wildman–Crippen MR) is 126 cm³/mol. The summed E-state index contributed by atoms with van der Waals surface area (Å²) >= 11 is 0. The number of rotatable bonds is 4. The van der Waals surface area contributed by atoms with E-state index in [1.807, 2.05) is 12.1 Å². The van der Waals surface area contributed by atoms with Crippen LogP contribution in [-0.4, -0.2) is 4.89 Å². The number of benzene rings is 3. The van der Waals surface area contributed by atoms with Gasteiger partial charge in [0.1, 0.15) is 5.75 Å². The van der Waals surface area contributed by atoms with E-state index in [2.05, 4.69) is 96.1 Å². The van der Waals surface area contributed by atoms with Gasteiger partial charge in [0.25, 0.3) is 0 Å². The van der Waals surface area contributed by atoms with Crippen molar-refractivity contribution in [1.82, 2.24) is 0 Å². The lowest BCUT2D eigenvalue weighted by atomic mass is 9.74. The van der Waals surface area contributed by atoms with Gasteiger partial charge in [0, 0.05) is 5.56 Å². The van der Waals surface area contributed by atoms with E-state index in [0.29, 0.717) is 5.75 Å². The first kappa shape index (κ1) is 21.6. The highest BCUT2D eigenvalue weighted by atomic mass is 31.1. The van der Waals surface area contributed by atoms with Crippen LogP contribution in [0.1, 0.15) is 52.7 Å². The molecular weight excluding hydrogens is 375 g/mol. The average Bonchev–Trinajstić information content (AvgIpc) is 2.67. The lowest BCUT2D eigenvalue weighted by Gasteiger charge is -2.31. The molecule has 0 fully saturated rings. The van der Waals surface area contributed by atoms with Crippen LogP contribution in [0.15, 0.2) is 66.7 Å². The van der Waals surface area contributed by atoms with E-state index in [4.69, 9.17) is 4.52 Å². The fourth-order valence-electron chi connectivity index (χ4n) is 3.77. The van der Waals surface area contributed by atoms with Gasteiger partial charge in [0.05, 0.1) is 0 Å². The number of hydrogen-bond donors (Lipinski definition) is 1. The van der Waals surface area contributed by atoms with Gasteiger partial charge in [-0.25, -0.2) is 0 Å². The van der Waals surface area contributed by atoms with Crippen LogP contribution in [0.2, 0.25) is 0 Å². The monoisotopic (exact) mass is 406 g/mol. The maximum atomic E-state index is 9.54. The molecule has 1 N–H and O–H groups in total. The molecule has 0 aliphatic carbocycles. The lowest BCUT2D eigenvalue weighted by Crippen LogP contribution is -2.19. The summed E-state index contributed by atoms with van der Waals surface area (Å²) < 4.78 is 5.70. The van der Waals surface area contributed by atoms with Gasteiger partial charge >= 0.3 is 0 Å². The Morgan fingerprint density at radius 3 is 1.79 bits per heavy atom. The molecule has 0 saturated heterocycles. The summed E-state index contributed by atoms with van der Waals surface area (Å²) in [5.41, 5.74) is 7.04. The van der Waals surface area contributed by atoms with Gasteiger partial charge in [-0.05, 0) is 50.8 Å². The zero-order chi connectivity index (χ0) is 21.2. The third kappa shape index (κ3) is 4.71. The Morgan fingerprint density at radius 2 is 1.28 bits per heavy atom. The molecule has 0 radical (unpaired) electrons. The van der Waals surface area contributed by atoms with Crippen LogP contribution in [0, 0.1) is 0 Å². The van der Waals surface area contributed by atoms with Crippen LogP contribution >= 0.6 is 9.03 Å². The molecule has 0 heterocycles. The highest BCUT2D eigenvalue weighted by Gasteiger charge is 2.27. The summed E-state index contributed by atoms with van der Waals surface area (Å²) in [6.07, 6.45) is 0. The molecule has 1 atom stereocenters. The fraction of sp³-hybridized carbons (Fsp3) is 0.308. The predicted octanol–water partition coefficient (Wildman–Crippen LogP) is 7.50. The van der Waals surface area contributed by atoms with Crippen molar-refractivity contribution in [3.8, 4) is 28.0 Å². The molecule has 3 rings (SSSR count). The molecule has 1 unspecified atom stereocenters. The van der Waals surface area contributed by atoms with E-state index in [9.17, 15) is 4.89 Å². The van der Waals surface area contributed by atoms with Gasteiger partial charge < -0.3 is 9.42 Å². The van der Waals surface area contributed by atoms with Crippen molar-refractivity contribution in [1.29, 1.82) is 0 Å². The summed E-state index contributed by atoms with van der Waals surface area (Å²) in [5, 5.41) is 0. The van der Waals surface area contributed by atoms with Crippen molar-refractivity contribution >= 4 is 9.03 Å². The fourth-order valence-corrected chi connectivity index (χ4v) is 4.04. The minimum absolute atomic E-state index is 0.0296. The Hall–Kier alpha value is -2.15. The first-order valence-corrected chi connectivity index (χ1v) is 10.9. The molecule has 3 aromatic rings. The van der Waals surface area contributed by atoms with Crippen molar-refractivity contribution < 1.29 is 9.42 Å². The second-order valence-corrected chi connectivity index (χ2v) is 9.89. The Labute approximate surface area is 176 Å². The van der Waals surface area contributed by atoms with E-state index in [1.165, 1.54) is 16.7 Å². The third-order valence-corrected chi connectivity index (χ3v) is 5.50. The summed E-state index contributed by atoms with van der Waals surface area (Å²) in [4.78, 5) is 9.54. The molecule has 3 heteroatoms. The van der Waals surface area contributed by atoms with Crippen LogP contribution in [0.5, 0.6) is 5.75 Å². The Morgan fingerprint density at radius 1 is 0.690 bits per heavy atom. The smallest absolute Gasteiger partial charge is 0.212 e. The van der Waals surface area contributed by atoms with E-state index >= 15 is 0 Å². The largest absolute Gasteiger partial charge is 0.449 e. The van der Waals surface area contributed by atoms with Gasteiger partial charge in [-0.15, -0.1) is 0 Å². The maximum Gasteiger partial charge on any atom is 0.212 e. The summed E-state index contributed by atoms with van der Waals surface area (Å²) in [6, 6.07) is 23.2. The summed E-state index contributed by atoms with van der Waals surface area (Å²) in [7, 11) is -0.593. The molecular formula is C26H31O2P. The Balaban J connectivity index is 2.37. The van der Waals surface area contributed by atoms with Crippen LogP contribution in [0.4, 0.5) is 0 Å². The molecule has 0 aromatic heterocycles. The quantitative estimate of drug-likeness (QED) is 0.455. The minimum Gasteiger partial charge on any atom is -0.449 e. The Kier molecular flexibility index (Phi) is 6.17. The van der Waals surface area contributed by atoms with E-state index in [0.717, 1.165) is 16.7 Å². The molecule has 152 valence electrons. The van der Waals surface area contributed by atoms with Gasteiger partial charge in [-0.3, -0.25) is 0 Å². The number of hydrogen-bond acceptors (Lipinski definition) is 2. The van der Waals surface area contributed by atoms with Crippen LogP contribution < -0.4 is 4.52 Å². The van der Waals surface area contributed by atoms with Crippen LogP contribution in [0.3, 0.4) is 0 Å². The van der Waals surface area contributed by atoms with E-state index in [-0.39, 0.29) is 10.8 Å². The molecule has 2 nitrogen and oxygen atoms in total. The zero-order valence-corrected chi connectivity index (χ0v) is 19.2. The lowest BCUT2D eigenvalue weighted by molar-refractivity contribution is 0.515. The van der Waals surface area contributed by atoms with Crippen molar-refractivity contribution in [2.75, 3.05) is 0 Å². The second-order valence-electron chi connectivity index (χ2n) is 9.50. The second kappa shape index (κ2) is 8.30. The average molecular weight is 407 g/mol. The zero-order valence-electron chi connectivity index (χ0n) is 18.2. The molecule has 0 saturated carbocycles. The normalized spacial score (nSPS) is 12.5. The minimum atomic E-state index is -0.593. The van der Waals surface area contributed by atoms with Gasteiger partial charge in [0.2, 0.25) is 9.03 Å². The molecule has 0 aliphatic heterocycles. The van der Waals surface area contributed by atoms with Crippen molar-refractivity contribution in [3.05, 3.63) is 77.9 Å². The van der Waals surface area contributed by atoms with Gasteiger partial charge in [-0.2, -0.15) is 0 Å². The van der Waals surface area contributed by atoms with Crippen LogP contribution in [-0.2, 0) is 10.8 Å². The molecule has 29 heavy (non-hydrogen) atoms. The van der Waals surface area contributed by atoms with Crippen molar-refractivity contribution in [2.45, 2.75) is 52.4 Å². The molecule has 0 amide bonds. The molecule has 0 bridgehead atoms. The Bertz CT molecular complexity index is 948. The van der Waals surface area contributed by atoms with Gasteiger partial charge in [0.15, 0.2) is 0 Å². The van der Waals surface area contributed by atoms with E-state index < -0.39 is 9.03 Å². The topological polar surface area (TPSA) is 29.5 Å². The highest BCUT2D eigenvalue weighted by Crippen LogP contribution is 2.45. The summed E-state index contributed by atoms with van der Waals surface area (Å²) in [6.45, 7) is 13.5. The highest BCUT2D eigenvalue weighted by molar-refractivity contribution is 7.25. The molecule has 0 spiro atoms. The summed E-state index contributed by atoms with van der Waals surface area (Å²) in [5.74, 6) is 0.715. The SMILES string of the molecule is CC(C)(C)c1cccc(C(C)(C)C)c1-c1cc(-c2ccccc2)ccc1OPO. The standard InChI is InChI=1S/C26H31O2P/c1-25(2,3)21-13-10-14-22(26(4,5)6)24(21)20-17-19(15-16-23(20)28-29-27)18-11-8-7-9-12-18/h7-17,27,29H,1-6H3. The van der Waals surface area contributed by atoms with E-state index in [1.54, 1.807) is 0 Å². The van der Waals surface area contributed by atoms with Crippen molar-refractivity contribution in [3.63, 3.8) is 0 Å². The van der Waals surface area contributed by atoms with Crippen LogP contribution in [0.25, 0.3) is 22.3 Å². The molecule has 3 aromatic carbocycles. The van der Waals surface area contributed by atoms with Gasteiger partial charge in [-0.1, -0.05) is 96.1 Å². The maximum absolute atomic E-state index is 9.54. The molecule has 0 aliphatic rings. The van der Waals surface area contributed by atoms with Crippen molar-refractivity contribution in [2.24, 2.45) is 0 Å².